The molecule has 1 aliphatic carbocycles. The molecule has 0 amide bonds. The molecule has 1 fully saturated rings. The van der Waals surface area contributed by atoms with Gasteiger partial charge in [-0.1, -0.05) is 12.1 Å². The molecule has 1 heterocycles. The Morgan fingerprint density at radius 2 is 2.05 bits per heavy atom. The molecule has 0 aliphatic heterocycles. The van der Waals surface area contributed by atoms with Crippen LogP contribution >= 0.6 is 0 Å². The van der Waals surface area contributed by atoms with Crippen molar-refractivity contribution in [1.82, 2.24) is 9.97 Å². The largest absolute Gasteiger partial charge is 0.393 e. The van der Waals surface area contributed by atoms with Crippen molar-refractivity contribution >= 4 is 22.7 Å². The molecule has 21 heavy (non-hydrogen) atoms. The Morgan fingerprint density at radius 1 is 1.19 bits per heavy atom. The monoisotopic (exact) mass is 286 g/mol. The number of benzene rings is 1. The van der Waals surface area contributed by atoms with Gasteiger partial charge in [0.1, 0.15) is 5.82 Å². The van der Waals surface area contributed by atoms with Gasteiger partial charge >= 0.3 is 0 Å². The molecule has 3 rings (SSSR count). The minimum atomic E-state index is -0.128. The number of aliphatic hydroxyl groups is 1. The van der Waals surface area contributed by atoms with E-state index in [-0.39, 0.29) is 6.10 Å². The lowest BCUT2D eigenvalue weighted by atomic mass is 10.1. The third-order valence-electron chi connectivity index (χ3n) is 4.01. The molecule has 5 heteroatoms. The number of anilines is 2. The van der Waals surface area contributed by atoms with Crippen molar-refractivity contribution in [3.05, 3.63) is 24.3 Å². The van der Waals surface area contributed by atoms with Gasteiger partial charge in [0.2, 0.25) is 5.95 Å². The predicted octanol–water partition coefficient (Wildman–Crippen LogP) is 2.63. The second kappa shape index (κ2) is 6.26. The quantitative estimate of drug-likeness (QED) is 0.788. The summed E-state index contributed by atoms with van der Waals surface area (Å²) in [5.41, 5.74) is 0.942. The lowest BCUT2D eigenvalue weighted by Gasteiger charge is -2.14. The van der Waals surface area contributed by atoms with E-state index in [0.29, 0.717) is 11.9 Å². The van der Waals surface area contributed by atoms with Crippen LogP contribution in [0.15, 0.2) is 24.3 Å². The zero-order chi connectivity index (χ0) is 14.7. The van der Waals surface area contributed by atoms with Gasteiger partial charge in [-0.2, -0.15) is 4.98 Å². The highest BCUT2D eigenvalue weighted by Gasteiger charge is 2.22. The van der Waals surface area contributed by atoms with Crippen molar-refractivity contribution in [3.63, 3.8) is 0 Å². The number of aromatic nitrogens is 2. The van der Waals surface area contributed by atoms with Crippen molar-refractivity contribution in [2.75, 3.05) is 23.7 Å². The van der Waals surface area contributed by atoms with Crippen LogP contribution in [0.4, 0.5) is 11.8 Å². The number of aliphatic hydroxyl groups excluding tert-OH is 1. The zero-order valence-corrected chi connectivity index (χ0v) is 12.3. The molecule has 0 saturated heterocycles. The van der Waals surface area contributed by atoms with Crippen LogP contribution in [-0.4, -0.2) is 34.3 Å². The SMILES string of the molecule is CCNc1nc(NCC2CCC(O)C2)c2ccccc2n1. The Kier molecular flexibility index (Phi) is 4.20. The molecule has 1 aromatic carbocycles. The lowest BCUT2D eigenvalue weighted by molar-refractivity contribution is 0.178. The fourth-order valence-corrected chi connectivity index (χ4v) is 2.92. The second-order valence-electron chi connectivity index (χ2n) is 5.66. The molecule has 2 aromatic rings. The number of para-hydroxylation sites is 1. The second-order valence-corrected chi connectivity index (χ2v) is 5.66. The first-order valence-corrected chi connectivity index (χ1v) is 7.69. The van der Waals surface area contributed by atoms with Crippen LogP contribution in [0, 0.1) is 5.92 Å². The maximum absolute atomic E-state index is 9.62. The van der Waals surface area contributed by atoms with Gasteiger partial charge < -0.3 is 15.7 Å². The van der Waals surface area contributed by atoms with Gasteiger partial charge in [0.25, 0.3) is 0 Å². The van der Waals surface area contributed by atoms with E-state index in [0.717, 1.165) is 49.1 Å². The van der Waals surface area contributed by atoms with E-state index in [9.17, 15) is 5.11 Å². The Balaban J connectivity index is 1.81. The summed E-state index contributed by atoms with van der Waals surface area (Å²) >= 11 is 0. The molecule has 5 nitrogen and oxygen atoms in total. The van der Waals surface area contributed by atoms with Crippen LogP contribution in [0.5, 0.6) is 0 Å². The molecule has 0 spiro atoms. The zero-order valence-electron chi connectivity index (χ0n) is 12.3. The van der Waals surface area contributed by atoms with E-state index < -0.39 is 0 Å². The van der Waals surface area contributed by atoms with Gasteiger partial charge in [-0.05, 0) is 44.2 Å². The number of rotatable bonds is 5. The number of hydrogen-bond donors (Lipinski definition) is 3. The first-order valence-electron chi connectivity index (χ1n) is 7.69. The van der Waals surface area contributed by atoms with Gasteiger partial charge in [-0.25, -0.2) is 4.98 Å². The number of nitrogens with one attached hydrogen (secondary N) is 2. The highest BCUT2D eigenvalue weighted by atomic mass is 16.3. The molecule has 1 aliphatic rings. The summed E-state index contributed by atoms with van der Waals surface area (Å²) in [6.07, 6.45) is 2.75. The smallest absolute Gasteiger partial charge is 0.225 e. The number of hydrogen-bond acceptors (Lipinski definition) is 5. The standard InChI is InChI=1S/C16H22N4O/c1-2-17-16-19-14-6-4-3-5-13(14)15(20-16)18-10-11-7-8-12(21)9-11/h3-6,11-12,21H,2,7-10H2,1H3,(H2,17,18,19,20). The summed E-state index contributed by atoms with van der Waals surface area (Å²) < 4.78 is 0. The van der Waals surface area contributed by atoms with Gasteiger partial charge in [0, 0.05) is 18.5 Å². The summed E-state index contributed by atoms with van der Waals surface area (Å²) in [5, 5.41) is 17.3. The highest BCUT2D eigenvalue weighted by Crippen LogP contribution is 2.27. The molecule has 112 valence electrons. The van der Waals surface area contributed by atoms with Gasteiger partial charge in [0.05, 0.1) is 11.6 Å². The maximum Gasteiger partial charge on any atom is 0.225 e. The topological polar surface area (TPSA) is 70.1 Å². The maximum atomic E-state index is 9.62. The summed E-state index contributed by atoms with van der Waals surface area (Å²) in [6, 6.07) is 8.03. The van der Waals surface area contributed by atoms with E-state index in [2.05, 4.69) is 20.6 Å². The van der Waals surface area contributed by atoms with Crippen molar-refractivity contribution < 1.29 is 5.11 Å². The molecule has 1 saturated carbocycles. The van der Waals surface area contributed by atoms with Crippen LogP contribution < -0.4 is 10.6 Å². The molecule has 2 unspecified atom stereocenters. The lowest BCUT2D eigenvalue weighted by Crippen LogP contribution is -2.14. The first-order chi connectivity index (χ1) is 10.3. The normalized spacial score (nSPS) is 21.6. The van der Waals surface area contributed by atoms with Crippen molar-refractivity contribution in [1.29, 1.82) is 0 Å². The van der Waals surface area contributed by atoms with E-state index in [1.54, 1.807) is 0 Å². The van der Waals surface area contributed by atoms with E-state index >= 15 is 0 Å². The Labute approximate surface area is 124 Å². The molecule has 1 aromatic heterocycles. The van der Waals surface area contributed by atoms with E-state index in [1.807, 2.05) is 31.2 Å². The fraction of sp³-hybridized carbons (Fsp3) is 0.500. The van der Waals surface area contributed by atoms with E-state index in [1.165, 1.54) is 0 Å². The van der Waals surface area contributed by atoms with Crippen LogP contribution in [0.25, 0.3) is 10.9 Å². The average molecular weight is 286 g/mol. The third kappa shape index (κ3) is 3.24. The summed E-state index contributed by atoms with van der Waals surface area (Å²) in [7, 11) is 0. The highest BCUT2D eigenvalue weighted by molar-refractivity contribution is 5.89. The van der Waals surface area contributed by atoms with Crippen LogP contribution in [0.1, 0.15) is 26.2 Å². The van der Waals surface area contributed by atoms with Crippen LogP contribution in [-0.2, 0) is 0 Å². The van der Waals surface area contributed by atoms with E-state index in [4.69, 9.17) is 0 Å². The van der Waals surface area contributed by atoms with Gasteiger partial charge in [-0.3, -0.25) is 0 Å². The molecule has 0 bridgehead atoms. The predicted molar refractivity (Wildman–Crippen MR) is 85.5 cm³/mol. The molecule has 3 N–H and O–H groups in total. The summed E-state index contributed by atoms with van der Waals surface area (Å²) in [4.78, 5) is 9.09. The fourth-order valence-electron chi connectivity index (χ4n) is 2.92. The molecular weight excluding hydrogens is 264 g/mol. The van der Waals surface area contributed by atoms with Crippen LogP contribution in [0.2, 0.25) is 0 Å². The third-order valence-corrected chi connectivity index (χ3v) is 4.01. The van der Waals surface area contributed by atoms with Crippen LogP contribution in [0.3, 0.4) is 0 Å². The Morgan fingerprint density at radius 3 is 2.81 bits per heavy atom. The molecule has 2 atom stereocenters. The Hall–Kier alpha value is -1.88. The summed E-state index contributed by atoms with van der Waals surface area (Å²) in [6.45, 7) is 3.68. The minimum absolute atomic E-state index is 0.128. The summed E-state index contributed by atoms with van der Waals surface area (Å²) in [5.74, 6) is 2.06. The molecular formula is C16H22N4O. The van der Waals surface area contributed by atoms with Gasteiger partial charge in [-0.15, -0.1) is 0 Å². The average Bonchev–Trinajstić information content (AvgIpc) is 2.91. The van der Waals surface area contributed by atoms with Crippen molar-refractivity contribution in [2.45, 2.75) is 32.3 Å². The minimum Gasteiger partial charge on any atom is -0.393 e. The van der Waals surface area contributed by atoms with Gasteiger partial charge in [0.15, 0.2) is 0 Å². The van der Waals surface area contributed by atoms with Crippen molar-refractivity contribution in [3.8, 4) is 0 Å². The number of fused-ring (bicyclic) bond motifs is 1. The first kappa shape index (κ1) is 14.1. The van der Waals surface area contributed by atoms with Crippen molar-refractivity contribution in [2.24, 2.45) is 5.92 Å². The molecule has 0 radical (unpaired) electrons. The Bertz CT molecular complexity index is 616. The number of nitrogens with zero attached hydrogens (tertiary/aromatic N) is 2.